The van der Waals surface area contributed by atoms with Gasteiger partial charge in [-0.1, -0.05) is 6.07 Å². The number of nitriles is 1. The van der Waals surface area contributed by atoms with E-state index in [9.17, 15) is 9.90 Å². The first-order chi connectivity index (χ1) is 14.1. The van der Waals surface area contributed by atoms with Crippen LogP contribution in [-0.4, -0.2) is 48.9 Å². The Morgan fingerprint density at radius 1 is 1.28 bits per heavy atom. The molecule has 0 amide bonds. The molecule has 0 bridgehead atoms. The molecule has 2 aromatic rings. The average molecular weight is 395 g/mol. The maximum absolute atomic E-state index is 12.0. The Balaban J connectivity index is 1.86. The zero-order valence-electron chi connectivity index (χ0n) is 16.4. The van der Waals surface area contributed by atoms with Crippen LogP contribution in [0.15, 0.2) is 42.5 Å². The standard InChI is InChI=1S/C22H25N3O4/c1-2-29-20-12-17(15-25-7-9-28-10-8-25)11-18(13-20)21(22(26)27)24-19-5-3-16(14-23)4-6-19/h3-6,11-13,21,24H,2,7-10,15H2,1H3,(H,26,27). The summed E-state index contributed by atoms with van der Waals surface area (Å²) in [5.41, 5.74) is 2.78. The highest BCUT2D eigenvalue weighted by Crippen LogP contribution is 2.27. The van der Waals surface area contributed by atoms with E-state index in [0.717, 1.165) is 18.7 Å². The molecular weight excluding hydrogens is 370 g/mol. The lowest BCUT2D eigenvalue weighted by Crippen LogP contribution is -2.35. The average Bonchev–Trinajstić information content (AvgIpc) is 2.73. The van der Waals surface area contributed by atoms with E-state index in [2.05, 4.69) is 16.3 Å². The fraction of sp³-hybridized carbons (Fsp3) is 0.364. The highest BCUT2D eigenvalue weighted by Gasteiger charge is 2.22. The highest BCUT2D eigenvalue weighted by molar-refractivity contribution is 5.79. The van der Waals surface area contributed by atoms with E-state index in [-0.39, 0.29) is 0 Å². The minimum atomic E-state index is -0.986. The zero-order valence-corrected chi connectivity index (χ0v) is 16.4. The number of rotatable bonds is 8. The van der Waals surface area contributed by atoms with E-state index < -0.39 is 12.0 Å². The van der Waals surface area contributed by atoms with Gasteiger partial charge in [0.25, 0.3) is 0 Å². The van der Waals surface area contributed by atoms with Crippen molar-refractivity contribution < 1.29 is 19.4 Å². The maximum Gasteiger partial charge on any atom is 0.330 e. The van der Waals surface area contributed by atoms with Gasteiger partial charge in [0.2, 0.25) is 0 Å². The molecule has 2 aromatic carbocycles. The molecule has 1 aliphatic rings. The van der Waals surface area contributed by atoms with Crippen LogP contribution in [-0.2, 0) is 16.1 Å². The largest absolute Gasteiger partial charge is 0.494 e. The molecular formula is C22H25N3O4. The number of carboxylic acids is 1. The molecule has 1 atom stereocenters. The zero-order chi connectivity index (χ0) is 20.6. The molecule has 29 heavy (non-hydrogen) atoms. The van der Waals surface area contributed by atoms with Gasteiger partial charge >= 0.3 is 5.97 Å². The summed E-state index contributed by atoms with van der Waals surface area (Å²) in [6.07, 6.45) is 0. The SMILES string of the molecule is CCOc1cc(CN2CCOCC2)cc(C(Nc2ccc(C#N)cc2)C(=O)O)c1. The Morgan fingerprint density at radius 3 is 2.62 bits per heavy atom. The number of nitrogens with zero attached hydrogens (tertiary/aromatic N) is 2. The van der Waals surface area contributed by atoms with Crippen molar-refractivity contribution in [1.82, 2.24) is 4.90 Å². The van der Waals surface area contributed by atoms with Crippen LogP contribution in [0.1, 0.15) is 29.7 Å². The number of nitrogens with one attached hydrogen (secondary N) is 1. The van der Waals surface area contributed by atoms with Gasteiger partial charge in [-0.25, -0.2) is 4.79 Å². The van der Waals surface area contributed by atoms with Crippen molar-refractivity contribution in [3.8, 4) is 11.8 Å². The summed E-state index contributed by atoms with van der Waals surface area (Å²) in [6, 6.07) is 13.5. The van der Waals surface area contributed by atoms with Crippen molar-refractivity contribution in [2.45, 2.75) is 19.5 Å². The second-order valence-electron chi connectivity index (χ2n) is 6.84. The predicted molar refractivity (Wildman–Crippen MR) is 109 cm³/mol. The van der Waals surface area contributed by atoms with Gasteiger partial charge in [-0.15, -0.1) is 0 Å². The van der Waals surface area contributed by atoms with Crippen molar-refractivity contribution >= 4 is 11.7 Å². The van der Waals surface area contributed by atoms with Crippen molar-refractivity contribution in [2.75, 3.05) is 38.2 Å². The van der Waals surface area contributed by atoms with Crippen LogP contribution in [0.4, 0.5) is 5.69 Å². The fourth-order valence-electron chi connectivity index (χ4n) is 3.31. The number of benzene rings is 2. The topological polar surface area (TPSA) is 94.8 Å². The molecule has 2 N–H and O–H groups in total. The first kappa shape index (κ1) is 20.6. The number of morpholine rings is 1. The first-order valence-electron chi connectivity index (χ1n) is 9.65. The summed E-state index contributed by atoms with van der Waals surface area (Å²) in [5.74, 6) is -0.332. The quantitative estimate of drug-likeness (QED) is 0.709. The predicted octanol–water partition coefficient (Wildman–Crippen LogP) is 3.03. The summed E-state index contributed by atoms with van der Waals surface area (Å²) >= 11 is 0. The van der Waals surface area contributed by atoms with Crippen molar-refractivity contribution in [2.24, 2.45) is 0 Å². The minimum Gasteiger partial charge on any atom is -0.494 e. The Labute approximate surface area is 170 Å². The third kappa shape index (κ3) is 5.70. The van der Waals surface area contributed by atoms with Crippen molar-refractivity contribution in [1.29, 1.82) is 5.26 Å². The smallest absolute Gasteiger partial charge is 0.330 e. The summed E-state index contributed by atoms with van der Waals surface area (Å²) < 4.78 is 11.1. The Bertz CT molecular complexity index is 871. The number of anilines is 1. The van der Waals surface area contributed by atoms with Crippen LogP contribution >= 0.6 is 0 Å². The summed E-state index contributed by atoms with van der Waals surface area (Å²) in [5, 5.41) is 21.8. The van der Waals surface area contributed by atoms with Crippen LogP contribution in [0.2, 0.25) is 0 Å². The van der Waals surface area contributed by atoms with Gasteiger partial charge in [0.1, 0.15) is 5.75 Å². The number of aliphatic carboxylic acids is 1. The molecule has 0 radical (unpaired) electrons. The summed E-state index contributed by atoms with van der Waals surface area (Å²) in [4.78, 5) is 14.3. The van der Waals surface area contributed by atoms with Gasteiger partial charge in [-0.05, 0) is 54.4 Å². The molecule has 1 heterocycles. The number of hydrogen-bond donors (Lipinski definition) is 2. The second-order valence-corrected chi connectivity index (χ2v) is 6.84. The molecule has 152 valence electrons. The molecule has 3 rings (SSSR count). The van der Waals surface area contributed by atoms with Crippen molar-refractivity contribution in [3.05, 3.63) is 59.2 Å². The van der Waals surface area contributed by atoms with E-state index >= 15 is 0 Å². The molecule has 7 nitrogen and oxygen atoms in total. The number of ether oxygens (including phenoxy) is 2. The Kier molecular flexibility index (Phi) is 7.06. The van der Waals surface area contributed by atoms with E-state index in [1.807, 2.05) is 19.1 Å². The molecule has 1 saturated heterocycles. The number of hydrogen-bond acceptors (Lipinski definition) is 6. The molecule has 7 heteroatoms. The number of carboxylic acid groups (broad SMARTS) is 1. The third-order valence-corrected chi connectivity index (χ3v) is 4.71. The molecule has 1 fully saturated rings. The molecule has 1 aliphatic heterocycles. The van der Waals surface area contributed by atoms with E-state index in [1.54, 1.807) is 30.3 Å². The molecule has 0 spiro atoms. The third-order valence-electron chi connectivity index (χ3n) is 4.71. The molecule has 0 saturated carbocycles. The van der Waals surface area contributed by atoms with Crippen LogP contribution < -0.4 is 10.1 Å². The van der Waals surface area contributed by atoms with Gasteiger partial charge in [0.05, 0.1) is 31.5 Å². The van der Waals surface area contributed by atoms with Crippen LogP contribution in [0.5, 0.6) is 5.75 Å². The van der Waals surface area contributed by atoms with Crippen LogP contribution in [0.3, 0.4) is 0 Å². The molecule has 0 aliphatic carbocycles. The number of carbonyl (C=O) groups is 1. The van der Waals surface area contributed by atoms with E-state index in [0.29, 0.717) is 48.9 Å². The Morgan fingerprint density at radius 2 is 2.00 bits per heavy atom. The lowest BCUT2D eigenvalue weighted by Gasteiger charge is -2.27. The normalized spacial score (nSPS) is 15.3. The lowest BCUT2D eigenvalue weighted by atomic mass is 10.0. The van der Waals surface area contributed by atoms with Gasteiger partial charge in [-0.3, -0.25) is 4.90 Å². The van der Waals surface area contributed by atoms with Gasteiger partial charge in [0.15, 0.2) is 6.04 Å². The second kappa shape index (κ2) is 9.92. The fourth-order valence-corrected chi connectivity index (χ4v) is 3.31. The van der Waals surface area contributed by atoms with Crippen LogP contribution in [0.25, 0.3) is 0 Å². The lowest BCUT2D eigenvalue weighted by molar-refractivity contribution is -0.138. The van der Waals surface area contributed by atoms with Gasteiger partial charge < -0.3 is 19.9 Å². The Hall–Kier alpha value is -3.08. The van der Waals surface area contributed by atoms with Crippen LogP contribution in [0, 0.1) is 11.3 Å². The van der Waals surface area contributed by atoms with Crippen molar-refractivity contribution in [3.63, 3.8) is 0 Å². The highest BCUT2D eigenvalue weighted by atomic mass is 16.5. The monoisotopic (exact) mass is 395 g/mol. The van der Waals surface area contributed by atoms with Gasteiger partial charge in [0, 0.05) is 25.3 Å². The summed E-state index contributed by atoms with van der Waals surface area (Å²) in [6.45, 7) is 6.21. The minimum absolute atomic E-state index is 0.501. The molecule has 0 aromatic heterocycles. The van der Waals surface area contributed by atoms with Gasteiger partial charge in [-0.2, -0.15) is 5.26 Å². The van der Waals surface area contributed by atoms with E-state index in [4.69, 9.17) is 14.7 Å². The first-order valence-corrected chi connectivity index (χ1v) is 9.65. The summed E-state index contributed by atoms with van der Waals surface area (Å²) in [7, 11) is 0. The van der Waals surface area contributed by atoms with E-state index in [1.165, 1.54) is 0 Å². The molecule has 1 unspecified atom stereocenters. The maximum atomic E-state index is 12.0.